The summed E-state index contributed by atoms with van der Waals surface area (Å²) in [6.07, 6.45) is 2.89. The number of rotatable bonds is 6. The van der Waals surface area contributed by atoms with Gasteiger partial charge in [-0.15, -0.1) is 0 Å². The van der Waals surface area contributed by atoms with E-state index in [1.165, 1.54) is 17.1 Å². The van der Waals surface area contributed by atoms with Crippen molar-refractivity contribution in [1.82, 2.24) is 9.78 Å². The summed E-state index contributed by atoms with van der Waals surface area (Å²) in [5.74, 6) is -0.891. The molecule has 2 rings (SSSR count). The fraction of sp³-hybridized carbons (Fsp3) is 0.267. The maximum Gasteiger partial charge on any atom is 0.325 e. The first-order chi connectivity index (χ1) is 10.5. The zero-order chi connectivity index (χ0) is 16.1. The number of aromatic nitrogens is 2. The zero-order valence-corrected chi connectivity index (χ0v) is 12.3. The Morgan fingerprint density at radius 2 is 2.23 bits per heavy atom. The molecule has 1 amide bonds. The second-order valence-corrected chi connectivity index (χ2v) is 4.81. The van der Waals surface area contributed by atoms with Crippen molar-refractivity contribution in [2.24, 2.45) is 0 Å². The van der Waals surface area contributed by atoms with E-state index in [9.17, 15) is 9.59 Å². The Labute approximate surface area is 127 Å². The first-order valence-electron chi connectivity index (χ1n) is 6.68. The van der Waals surface area contributed by atoms with Crippen molar-refractivity contribution < 1.29 is 19.4 Å². The lowest BCUT2D eigenvalue weighted by molar-refractivity contribution is -0.137. The van der Waals surface area contributed by atoms with Crippen LogP contribution in [0.3, 0.4) is 0 Å². The minimum absolute atomic E-state index is 0.205. The Hall–Kier alpha value is -2.83. The van der Waals surface area contributed by atoms with E-state index >= 15 is 0 Å². The van der Waals surface area contributed by atoms with Crippen LogP contribution in [-0.4, -0.2) is 33.9 Å². The van der Waals surface area contributed by atoms with Gasteiger partial charge in [-0.1, -0.05) is 12.1 Å². The van der Waals surface area contributed by atoms with E-state index in [1.807, 2.05) is 18.2 Å². The van der Waals surface area contributed by atoms with Gasteiger partial charge in [-0.25, -0.2) is 0 Å². The molecule has 2 N–H and O–H groups in total. The highest BCUT2D eigenvalue weighted by atomic mass is 16.5. The maximum absolute atomic E-state index is 12.2. The molecule has 7 heteroatoms. The Morgan fingerprint density at radius 3 is 2.91 bits per heavy atom. The number of benzene rings is 1. The van der Waals surface area contributed by atoms with Gasteiger partial charge in [-0.3, -0.25) is 14.3 Å². The molecule has 0 aliphatic heterocycles. The van der Waals surface area contributed by atoms with E-state index in [1.54, 1.807) is 20.1 Å². The number of aliphatic carboxylic acids is 1. The molecule has 2 aromatic rings. The predicted molar refractivity (Wildman–Crippen MR) is 79.9 cm³/mol. The summed E-state index contributed by atoms with van der Waals surface area (Å²) in [5.41, 5.74) is 1.29. The van der Waals surface area contributed by atoms with Gasteiger partial charge in [0.15, 0.2) is 0 Å². The number of nitrogens with one attached hydrogen (secondary N) is 1. The van der Waals surface area contributed by atoms with Crippen LogP contribution in [0.1, 0.15) is 18.4 Å². The third-order valence-corrected chi connectivity index (χ3v) is 3.19. The van der Waals surface area contributed by atoms with Crippen molar-refractivity contribution in [3.05, 3.63) is 42.2 Å². The fourth-order valence-corrected chi connectivity index (χ4v) is 1.97. The number of anilines is 1. The van der Waals surface area contributed by atoms with E-state index in [-0.39, 0.29) is 18.4 Å². The molecule has 116 valence electrons. The van der Waals surface area contributed by atoms with E-state index in [4.69, 9.17) is 9.84 Å². The summed E-state index contributed by atoms with van der Waals surface area (Å²) in [6, 6.07) is 7.28. The summed E-state index contributed by atoms with van der Waals surface area (Å²) >= 11 is 0. The molecule has 0 saturated heterocycles. The molecule has 0 aliphatic carbocycles. The highest BCUT2D eigenvalue weighted by Crippen LogP contribution is 2.22. The summed E-state index contributed by atoms with van der Waals surface area (Å²) in [6.45, 7) is 1.53. The molecule has 1 aromatic carbocycles. The fourth-order valence-electron chi connectivity index (χ4n) is 1.97. The molecule has 7 nitrogen and oxygen atoms in total. The van der Waals surface area contributed by atoms with Crippen LogP contribution in [0.25, 0.3) is 0 Å². The Balaban J connectivity index is 2.04. The number of carboxylic acid groups (broad SMARTS) is 1. The first-order valence-corrected chi connectivity index (χ1v) is 6.68. The van der Waals surface area contributed by atoms with E-state index in [2.05, 4.69) is 10.4 Å². The van der Waals surface area contributed by atoms with Crippen molar-refractivity contribution in [1.29, 1.82) is 0 Å². The number of hydrogen-bond donors (Lipinski definition) is 2. The molecule has 0 fully saturated rings. The third kappa shape index (κ3) is 3.85. The molecular formula is C15H17N3O4. The van der Waals surface area contributed by atoms with Gasteiger partial charge in [-0.2, -0.15) is 5.10 Å². The molecule has 1 aromatic heterocycles. The molecule has 0 spiro atoms. The van der Waals surface area contributed by atoms with E-state index in [0.29, 0.717) is 11.4 Å². The van der Waals surface area contributed by atoms with Crippen LogP contribution in [-0.2, 0) is 16.1 Å². The van der Waals surface area contributed by atoms with Crippen LogP contribution in [0.5, 0.6) is 5.75 Å². The predicted octanol–water partition coefficient (Wildman–Crippen LogP) is 1.72. The smallest absolute Gasteiger partial charge is 0.325 e. The highest BCUT2D eigenvalue weighted by Gasteiger charge is 2.16. The van der Waals surface area contributed by atoms with Crippen LogP contribution in [0, 0.1) is 0 Å². The Morgan fingerprint density at radius 1 is 1.45 bits per heavy atom. The highest BCUT2D eigenvalue weighted by molar-refractivity contribution is 5.95. The molecule has 1 atom stereocenters. The molecule has 1 unspecified atom stereocenters. The van der Waals surface area contributed by atoms with Crippen molar-refractivity contribution in [2.45, 2.75) is 19.4 Å². The molecule has 1 heterocycles. The molecule has 0 radical (unpaired) electrons. The number of carboxylic acids is 1. The first kappa shape index (κ1) is 15.6. The van der Waals surface area contributed by atoms with Crippen molar-refractivity contribution in [3.63, 3.8) is 0 Å². The van der Waals surface area contributed by atoms with Gasteiger partial charge in [-0.05, 0) is 24.6 Å². The topological polar surface area (TPSA) is 93.5 Å². The number of ether oxygens (including phenoxy) is 1. The zero-order valence-electron chi connectivity index (χ0n) is 12.3. The monoisotopic (exact) mass is 303 g/mol. The Kier molecular flexibility index (Phi) is 4.77. The number of hydrogen-bond acceptors (Lipinski definition) is 4. The normalized spacial score (nSPS) is 11.7. The molecule has 22 heavy (non-hydrogen) atoms. The minimum atomic E-state index is -0.995. The number of amides is 1. The average Bonchev–Trinajstić information content (AvgIpc) is 2.92. The largest absolute Gasteiger partial charge is 0.497 e. The van der Waals surface area contributed by atoms with Gasteiger partial charge < -0.3 is 15.2 Å². The van der Waals surface area contributed by atoms with Gasteiger partial charge in [0.2, 0.25) is 5.91 Å². The van der Waals surface area contributed by atoms with Crippen molar-refractivity contribution in [3.8, 4) is 5.75 Å². The number of carbonyl (C=O) groups is 2. The molecule has 0 saturated carbocycles. The summed E-state index contributed by atoms with van der Waals surface area (Å²) in [7, 11) is 1.57. The lowest BCUT2D eigenvalue weighted by atomic mass is 10.00. The Bertz CT molecular complexity index is 681. The van der Waals surface area contributed by atoms with Crippen LogP contribution >= 0.6 is 0 Å². The average molecular weight is 303 g/mol. The second kappa shape index (κ2) is 6.75. The SMILES string of the molecule is COc1cccc(C(C)C(=O)Nc2cnn(CC(=O)O)c2)c1. The standard InChI is InChI=1S/C15H17N3O4/c1-10(11-4-3-5-13(6-11)22-2)15(21)17-12-7-16-18(8-12)9-14(19)20/h3-8,10H,9H2,1-2H3,(H,17,21)(H,19,20). The van der Waals surface area contributed by atoms with Gasteiger partial charge in [0.05, 0.1) is 24.9 Å². The maximum atomic E-state index is 12.2. The van der Waals surface area contributed by atoms with Crippen LogP contribution in [0.2, 0.25) is 0 Å². The van der Waals surface area contributed by atoms with Crippen LogP contribution in [0.4, 0.5) is 5.69 Å². The number of nitrogens with zero attached hydrogens (tertiary/aromatic N) is 2. The van der Waals surface area contributed by atoms with Gasteiger partial charge >= 0.3 is 5.97 Å². The minimum Gasteiger partial charge on any atom is -0.497 e. The van der Waals surface area contributed by atoms with E-state index in [0.717, 1.165) is 5.56 Å². The van der Waals surface area contributed by atoms with Crippen molar-refractivity contribution >= 4 is 17.6 Å². The molecule has 0 aliphatic rings. The quantitative estimate of drug-likeness (QED) is 0.847. The van der Waals surface area contributed by atoms with Crippen LogP contribution in [0.15, 0.2) is 36.7 Å². The number of carbonyl (C=O) groups excluding carboxylic acids is 1. The van der Waals surface area contributed by atoms with Gasteiger partial charge in [0.25, 0.3) is 0 Å². The molecular weight excluding hydrogens is 286 g/mol. The summed E-state index contributed by atoms with van der Waals surface area (Å²) < 4.78 is 6.39. The lowest BCUT2D eigenvalue weighted by Crippen LogP contribution is -2.18. The van der Waals surface area contributed by atoms with Gasteiger partial charge in [0.1, 0.15) is 12.3 Å². The van der Waals surface area contributed by atoms with E-state index < -0.39 is 5.97 Å². The number of methoxy groups -OCH3 is 1. The summed E-state index contributed by atoms with van der Waals surface area (Å²) in [4.78, 5) is 22.8. The second-order valence-electron chi connectivity index (χ2n) is 4.81. The van der Waals surface area contributed by atoms with Crippen LogP contribution < -0.4 is 10.1 Å². The summed E-state index contributed by atoms with van der Waals surface area (Å²) in [5, 5.41) is 15.3. The third-order valence-electron chi connectivity index (χ3n) is 3.19. The lowest BCUT2D eigenvalue weighted by Gasteiger charge is -2.12. The van der Waals surface area contributed by atoms with Crippen molar-refractivity contribution in [2.75, 3.05) is 12.4 Å². The molecule has 0 bridgehead atoms. The van der Waals surface area contributed by atoms with Gasteiger partial charge in [0, 0.05) is 6.20 Å².